The normalized spacial score (nSPS) is 20.3. The van der Waals surface area contributed by atoms with Crippen LogP contribution < -0.4 is 10.6 Å². The monoisotopic (exact) mass is 329 g/mol. The van der Waals surface area contributed by atoms with Gasteiger partial charge in [0.2, 0.25) is 5.95 Å². The fourth-order valence-corrected chi connectivity index (χ4v) is 2.27. The van der Waals surface area contributed by atoms with Crippen molar-refractivity contribution in [2.24, 2.45) is 0 Å². The maximum absolute atomic E-state index is 5.71. The lowest BCUT2D eigenvalue weighted by Crippen LogP contribution is -2.43. The lowest BCUT2D eigenvalue weighted by Gasteiger charge is -2.30. The number of morpholine rings is 1. The Morgan fingerprint density at radius 3 is 3.11 bits per heavy atom. The van der Waals surface area contributed by atoms with Crippen LogP contribution in [0, 0.1) is 0 Å². The van der Waals surface area contributed by atoms with Gasteiger partial charge < -0.3 is 20.3 Å². The van der Waals surface area contributed by atoms with Gasteiger partial charge in [0, 0.05) is 32.4 Å². The Hall–Kier alpha value is -0.920. The Labute approximate surface area is 122 Å². The molecule has 0 amide bonds. The van der Waals surface area contributed by atoms with Crippen LogP contribution in [-0.4, -0.2) is 60.8 Å². The average Bonchev–Trinajstić information content (AvgIpc) is 2.40. The van der Waals surface area contributed by atoms with Crippen molar-refractivity contribution in [2.45, 2.75) is 13.0 Å². The third-order valence-electron chi connectivity index (χ3n) is 2.92. The second kappa shape index (κ2) is 7.02. The van der Waals surface area contributed by atoms with Crippen LogP contribution in [0.3, 0.4) is 0 Å². The number of rotatable bonds is 5. The minimum atomic E-state index is 0.197. The molecule has 0 aliphatic carbocycles. The van der Waals surface area contributed by atoms with Gasteiger partial charge in [-0.2, -0.15) is 4.98 Å². The molecule has 7 heteroatoms. The first-order valence-corrected chi connectivity index (χ1v) is 7.28. The van der Waals surface area contributed by atoms with E-state index in [4.69, 9.17) is 4.74 Å². The first-order chi connectivity index (χ1) is 9.19. The van der Waals surface area contributed by atoms with E-state index < -0.39 is 0 Å². The fourth-order valence-electron chi connectivity index (χ4n) is 1.94. The number of hydrogen-bond donors (Lipinski definition) is 2. The van der Waals surface area contributed by atoms with E-state index in [0.717, 1.165) is 43.1 Å². The van der Waals surface area contributed by atoms with Gasteiger partial charge in [0.05, 0.1) is 17.2 Å². The standard InChI is InChI=1S/C12H20BrN5O/c1-3-14-12-16-7-10(13)11(17-12)15-6-9-8-18(2)4-5-19-9/h7,9H,3-6,8H2,1-2H3,(H2,14,15,16,17). The highest BCUT2D eigenvalue weighted by Gasteiger charge is 2.17. The van der Waals surface area contributed by atoms with Gasteiger partial charge in [0.1, 0.15) is 5.82 Å². The molecule has 2 N–H and O–H groups in total. The Morgan fingerprint density at radius 2 is 2.37 bits per heavy atom. The van der Waals surface area contributed by atoms with Gasteiger partial charge >= 0.3 is 0 Å². The molecule has 19 heavy (non-hydrogen) atoms. The summed E-state index contributed by atoms with van der Waals surface area (Å²) < 4.78 is 6.57. The molecule has 1 aromatic rings. The van der Waals surface area contributed by atoms with Gasteiger partial charge in [-0.3, -0.25) is 0 Å². The quantitative estimate of drug-likeness (QED) is 0.851. The van der Waals surface area contributed by atoms with Crippen LogP contribution in [0.2, 0.25) is 0 Å². The smallest absolute Gasteiger partial charge is 0.224 e. The number of ether oxygens (including phenoxy) is 1. The number of nitrogens with zero attached hydrogens (tertiary/aromatic N) is 3. The lowest BCUT2D eigenvalue weighted by atomic mass is 10.3. The highest BCUT2D eigenvalue weighted by atomic mass is 79.9. The first-order valence-electron chi connectivity index (χ1n) is 6.49. The minimum absolute atomic E-state index is 0.197. The van der Waals surface area contributed by atoms with E-state index in [-0.39, 0.29) is 6.10 Å². The van der Waals surface area contributed by atoms with Gasteiger partial charge in [0.25, 0.3) is 0 Å². The fraction of sp³-hybridized carbons (Fsp3) is 0.667. The first kappa shape index (κ1) is 14.5. The molecule has 0 spiro atoms. The van der Waals surface area contributed by atoms with Crippen molar-refractivity contribution >= 4 is 27.7 Å². The molecule has 2 heterocycles. The van der Waals surface area contributed by atoms with Crippen LogP contribution in [0.4, 0.5) is 11.8 Å². The maximum Gasteiger partial charge on any atom is 0.224 e. The molecule has 1 unspecified atom stereocenters. The molecule has 0 bridgehead atoms. The van der Waals surface area contributed by atoms with Crippen LogP contribution in [0.25, 0.3) is 0 Å². The summed E-state index contributed by atoms with van der Waals surface area (Å²) in [7, 11) is 2.11. The predicted octanol–water partition coefficient (Wildman–Crippen LogP) is 1.41. The third-order valence-corrected chi connectivity index (χ3v) is 3.50. The topological polar surface area (TPSA) is 62.3 Å². The lowest BCUT2D eigenvalue weighted by molar-refractivity contribution is -0.0117. The second-order valence-electron chi connectivity index (χ2n) is 4.56. The SMILES string of the molecule is CCNc1ncc(Br)c(NCC2CN(C)CCO2)n1. The van der Waals surface area contributed by atoms with Crippen molar-refractivity contribution in [3.63, 3.8) is 0 Å². The average molecular weight is 330 g/mol. The summed E-state index contributed by atoms with van der Waals surface area (Å²) in [6.07, 6.45) is 1.95. The van der Waals surface area contributed by atoms with E-state index in [2.05, 4.69) is 48.5 Å². The van der Waals surface area contributed by atoms with Gasteiger partial charge in [-0.05, 0) is 29.9 Å². The van der Waals surface area contributed by atoms with Gasteiger partial charge in [0.15, 0.2) is 0 Å². The Kier molecular flexibility index (Phi) is 5.35. The van der Waals surface area contributed by atoms with E-state index >= 15 is 0 Å². The second-order valence-corrected chi connectivity index (χ2v) is 5.41. The van der Waals surface area contributed by atoms with Gasteiger partial charge in [-0.25, -0.2) is 4.98 Å². The van der Waals surface area contributed by atoms with E-state index in [9.17, 15) is 0 Å². The summed E-state index contributed by atoms with van der Waals surface area (Å²) >= 11 is 3.45. The molecule has 106 valence electrons. The molecule has 1 fully saturated rings. The summed E-state index contributed by atoms with van der Waals surface area (Å²) in [4.78, 5) is 10.9. The number of anilines is 2. The summed E-state index contributed by atoms with van der Waals surface area (Å²) in [6.45, 7) is 6.29. The van der Waals surface area contributed by atoms with E-state index in [1.54, 1.807) is 6.20 Å². The van der Waals surface area contributed by atoms with Crippen molar-refractivity contribution in [2.75, 3.05) is 50.5 Å². The predicted molar refractivity (Wildman–Crippen MR) is 79.6 cm³/mol. The Morgan fingerprint density at radius 1 is 1.53 bits per heavy atom. The summed E-state index contributed by atoms with van der Waals surface area (Å²) in [5.74, 6) is 1.43. The molecule has 1 aliphatic rings. The van der Waals surface area contributed by atoms with Crippen molar-refractivity contribution in [3.05, 3.63) is 10.7 Å². The number of nitrogens with one attached hydrogen (secondary N) is 2. The van der Waals surface area contributed by atoms with Crippen molar-refractivity contribution in [1.29, 1.82) is 0 Å². The van der Waals surface area contributed by atoms with Gasteiger partial charge in [-0.15, -0.1) is 0 Å². The van der Waals surface area contributed by atoms with E-state index in [1.165, 1.54) is 0 Å². The number of halogens is 1. The van der Waals surface area contributed by atoms with Crippen molar-refractivity contribution in [3.8, 4) is 0 Å². The molecule has 1 saturated heterocycles. The Balaban J connectivity index is 1.92. The molecule has 1 atom stereocenters. The molecular weight excluding hydrogens is 310 g/mol. The number of aromatic nitrogens is 2. The largest absolute Gasteiger partial charge is 0.374 e. The van der Waals surface area contributed by atoms with E-state index in [1.807, 2.05) is 6.92 Å². The number of likely N-dealkylation sites (N-methyl/N-ethyl adjacent to an activating group) is 1. The zero-order valence-electron chi connectivity index (χ0n) is 11.3. The molecule has 2 rings (SSSR count). The maximum atomic E-state index is 5.71. The molecule has 0 saturated carbocycles. The van der Waals surface area contributed by atoms with Crippen LogP contribution in [0.15, 0.2) is 10.7 Å². The summed E-state index contributed by atoms with van der Waals surface area (Å²) in [5.41, 5.74) is 0. The van der Waals surface area contributed by atoms with Crippen LogP contribution in [-0.2, 0) is 4.74 Å². The van der Waals surface area contributed by atoms with Crippen LogP contribution in [0.5, 0.6) is 0 Å². The zero-order valence-corrected chi connectivity index (χ0v) is 12.9. The molecular formula is C12H20BrN5O. The molecule has 6 nitrogen and oxygen atoms in total. The highest BCUT2D eigenvalue weighted by Crippen LogP contribution is 2.20. The third kappa shape index (κ3) is 4.29. The summed E-state index contributed by atoms with van der Waals surface area (Å²) in [5, 5.41) is 6.41. The van der Waals surface area contributed by atoms with Gasteiger partial charge in [-0.1, -0.05) is 0 Å². The molecule has 0 aromatic carbocycles. The van der Waals surface area contributed by atoms with Crippen molar-refractivity contribution < 1.29 is 4.74 Å². The highest BCUT2D eigenvalue weighted by molar-refractivity contribution is 9.10. The molecule has 0 radical (unpaired) electrons. The Bertz CT molecular complexity index is 417. The van der Waals surface area contributed by atoms with E-state index in [0.29, 0.717) is 5.95 Å². The molecule has 1 aromatic heterocycles. The zero-order chi connectivity index (χ0) is 13.7. The molecule has 1 aliphatic heterocycles. The number of hydrogen-bond acceptors (Lipinski definition) is 6. The van der Waals surface area contributed by atoms with Crippen LogP contribution in [0.1, 0.15) is 6.92 Å². The van der Waals surface area contributed by atoms with Crippen molar-refractivity contribution in [1.82, 2.24) is 14.9 Å². The van der Waals surface area contributed by atoms with Crippen LogP contribution >= 0.6 is 15.9 Å². The minimum Gasteiger partial charge on any atom is -0.374 e. The summed E-state index contributed by atoms with van der Waals surface area (Å²) in [6, 6.07) is 0.